The maximum atomic E-state index is 13.2. The van der Waals surface area contributed by atoms with Gasteiger partial charge in [0.05, 0.1) is 49.3 Å². The molecule has 1 N–H and O–H groups in total. The fraction of sp³-hybridized carbons (Fsp3) is 0.333. The Morgan fingerprint density at radius 1 is 0.944 bits per heavy atom. The number of sulfonamides is 1. The second-order valence-corrected chi connectivity index (χ2v) is 12.2. The van der Waals surface area contributed by atoms with E-state index in [4.69, 9.17) is 46.4 Å². The number of anilines is 1. The maximum absolute atomic E-state index is 13.2. The van der Waals surface area contributed by atoms with Crippen LogP contribution in [-0.4, -0.2) is 41.5 Å². The van der Waals surface area contributed by atoms with Crippen molar-refractivity contribution in [3.05, 3.63) is 72.9 Å². The van der Waals surface area contributed by atoms with E-state index >= 15 is 0 Å². The molecule has 1 aliphatic heterocycles. The third-order valence-corrected chi connectivity index (χ3v) is 9.55. The van der Waals surface area contributed by atoms with Crippen molar-refractivity contribution in [3.8, 4) is 0 Å². The zero-order chi connectivity index (χ0) is 26.2. The second kappa shape index (κ2) is 10.9. The van der Waals surface area contributed by atoms with Gasteiger partial charge in [-0.1, -0.05) is 58.9 Å². The highest BCUT2D eigenvalue weighted by Crippen LogP contribution is 2.33. The number of rotatable bonds is 6. The summed E-state index contributed by atoms with van der Waals surface area (Å²) in [7, 11) is -3.87. The first-order valence-corrected chi connectivity index (χ1v) is 14.2. The second-order valence-electron chi connectivity index (χ2n) is 8.63. The molecule has 2 heterocycles. The fourth-order valence-electron chi connectivity index (χ4n) is 4.17. The van der Waals surface area contributed by atoms with Gasteiger partial charge in [0.2, 0.25) is 10.0 Å². The third-order valence-electron chi connectivity index (χ3n) is 6.14. The summed E-state index contributed by atoms with van der Waals surface area (Å²) in [5, 5.41) is 8.29. The summed E-state index contributed by atoms with van der Waals surface area (Å²) in [5.74, 6) is -0.563. The molecule has 1 aliphatic rings. The molecule has 0 aliphatic carbocycles. The first-order chi connectivity index (χ1) is 17.0. The van der Waals surface area contributed by atoms with Crippen molar-refractivity contribution < 1.29 is 13.2 Å². The topological polar surface area (TPSA) is 84.3 Å². The number of nitrogens with zero attached hydrogens (tertiary/aromatic N) is 3. The van der Waals surface area contributed by atoms with Gasteiger partial charge in [0.25, 0.3) is 5.91 Å². The quantitative estimate of drug-likeness (QED) is 0.351. The number of aryl methyl sites for hydroxylation is 1. The molecular formula is C24H24Cl4N4O3S. The molecule has 0 bridgehead atoms. The van der Waals surface area contributed by atoms with Gasteiger partial charge in [-0.2, -0.15) is 9.40 Å². The number of aromatic nitrogens is 2. The highest BCUT2D eigenvalue weighted by Gasteiger charge is 2.30. The molecular weight excluding hydrogens is 566 g/mol. The molecule has 3 aromatic rings. The van der Waals surface area contributed by atoms with E-state index in [1.54, 1.807) is 23.7 Å². The Hall–Kier alpha value is -1.81. The summed E-state index contributed by atoms with van der Waals surface area (Å²) in [6, 6.07) is 7.86. The van der Waals surface area contributed by atoms with Crippen LogP contribution >= 0.6 is 46.4 Å². The number of hydrogen-bond acceptors (Lipinski definition) is 4. The number of piperidine rings is 1. The smallest absolute Gasteiger partial charge is 0.257 e. The van der Waals surface area contributed by atoms with Crippen molar-refractivity contribution in [1.29, 1.82) is 0 Å². The molecule has 0 saturated carbocycles. The molecule has 1 amide bonds. The normalized spacial score (nSPS) is 14.7. The van der Waals surface area contributed by atoms with E-state index in [1.165, 1.54) is 16.4 Å². The molecule has 0 radical (unpaired) electrons. The summed E-state index contributed by atoms with van der Waals surface area (Å²) in [4.78, 5) is 13.1. The molecule has 0 spiro atoms. The lowest BCUT2D eigenvalue weighted by atomic mass is 10.2. The first kappa shape index (κ1) is 27.2. The van der Waals surface area contributed by atoms with E-state index in [0.717, 1.165) is 24.8 Å². The van der Waals surface area contributed by atoms with Gasteiger partial charge in [-0.3, -0.25) is 9.48 Å². The Morgan fingerprint density at radius 2 is 1.64 bits per heavy atom. The number of benzene rings is 2. The molecule has 2 aromatic carbocycles. The fourth-order valence-corrected chi connectivity index (χ4v) is 6.84. The maximum Gasteiger partial charge on any atom is 0.257 e. The lowest BCUT2D eigenvalue weighted by molar-refractivity contribution is 0.102. The number of amides is 1. The van der Waals surface area contributed by atoms with E-state index in [-0.39, 0.29) is 20.5 Å². The number of carbonyl (C=O) groups is 1. The van der Waals surface area contributed by atoms with Crippen LogP contribution in [0, 0.1) is 13.8 Å². The minimum Gasteiger partial charge on any atom is -0.319 e. The molecule has 0 atom stereocenters. The van der Waals surface area contributed by atoms with Crippen LogP contribution in [0.3, 0.4) is 0 Å². The number of nitrogens with one attached hydrogen (secondary N) is 1. The van der Waals surface area contributed by atoms with Crippen molar-refractivity contribution in [2.45, 2.75) is 44.6 Å². The molecule has 36 heavy (non-hydrogen) atoms. The molecule has 0 unspecified atom stereocenters. The van der Waals surface area contributed by atoms with Gasteiger partial charge in [-0.25, -0.2) is 8.42 Å². The molecule has 7 nitrogen and oxygen atoms in total. The van der Waals surface area contributed by atoms with Crippen LogP contribution in [-0.2, 0) is 16.6 Å². The van der Waals surface area contributed by atoms with E-state index < -0.39 is 15.9 Å². The van der Waals surface area contributed by atoms with Crippen molar-refractivity contribution >= 4 is 68.0 Å². The van der Waals surface area contributed by atoms with E-state index in [0.29, 0.717) is 46.8 Å². The number of hydrogen-bond donors (Lipinski definition) is 1. The van der Waals surface area contributed by atoms with Crippen LogP contribution in [0.5, 0.6) is 0 Å². The zero-order valence-corrected chi connectivity index (χ0v) is 23.5. The van der Waals surface area contributed by atoms with Crippen molar-refractivity contribution in [3.63, 3.8) is 0 Å². The summed E-state index contributed by atoms with van der Waals surface area (Å²) >= 11 is 24.7. The first-order valence-electron chi connectivity index (χ1n) is 11.3. The summed E-state index contributed by atoms with van der Waals surface area (Å²) in [6.07, 6.45) is 2.54. The van der Waals surface area contributed by atoms with Gasteiger partial charge in [0.15, 0.2) is 0 Å². The molecule has 192 valence electrons. The summed E-state index contributed by atoms with van der Waals surface area (Å²) in [6.45, 7) is 4.84. The molecule has 1 aromatic heterocycles. The molecule has 1 saturated heterocycles. The lowest BCUT2D eigenvalue weighted by Crippen LogP contribution is -2.35. The average molecular weight is 590 g/mol. The molecule has 4 rings (SSSR count). The standard InChI is InChI=1S/C24H24Cl4N4O3S/c1-14-23(15(2)32(30-14)13-16-6-7-18(25)20(27)10-16)29-24(33)17-11-22(21(28)12-19(17)26)36(34,35)31-8-4-3-5-9-31/h6-7,10-12H,3-5,8-9,13H2,1-2H3,(H,29,33). The Kier molecular flexibility index (Phi) is 8.24. The van der Waals surface area contributed by atoms with Crippen LogP contribution < -0.4 is 5.32 Å². The number of halogens is 4. The highest BCUT2D eigenvalue weighted by molar-refractivity contribution is 7.89. The largest absolute Gasteiger partial charge is 0.319 e. The highest BCUT2D eigenvalue weighted by atomic mass is 35.5. The van der Waals surface area contributed by atoms with Crippen LogP contribution in [0.15, 0.2) is 35.2 Å². The van der Waals surface area contributed by atoms with Crippen molar-refractivity contribution in [1.82, 2.24) is 14.1 Å². The lowest BCUT2D eigenvalue weighted by Gasteiger charge is -2.26. The predicted molar refractivity (Wildman–Crippen MR) is 144 cm³/mol. The van der Waals surface area contributed by atoms with Gasteiger partial charge in [-0.05, 0) is 56.5 Å². The predicted octanol–water partition coefficient (Wildman–Crippen LogP) is 6.59. The van der Waals surface area contributed by atoms with Crippen molar-refractivity contribution in [2.75, 3.05) is 18.4 Å². The average Bonchev–Trinajstić information content (AvgIpc) is 3.09. The van der Waals surface area contributed by atoms with Crippen molar-refractivity contribution in [2.24, 2.45) is 0 Å². The number of carbonyl (C=O) groups excluding carboxylic acids is 1. The van der Waals surface area contributed by atoms with Crippen LogP contribution in [0.2, 0.25) is 20.1 Å². The minimum absolute atomic E-state index is 0.00711. The van der Waals surface area contributed by atoms with Crippen LogP contribution in [0.1, 0.15) is 46.6 Å². The van der Waals surface area contributed by atoms with Crippen LogP contribution in [0.25, 0.3) is 0 Å². The summed E-state index contributed by atoms with van der Waals surface area (Å²) in [5.41, 5.74) is 2.70. The minimum atomic E-state index is -3.87. The van der Waals surface area contributed by atoms with Gasteiger partial charge >= 0.3 is 0 Å². The van der Waals surface area contributed by atoms with Crippen LogP contribution in [0.4, 0.5) is 5.69 Å². The van der Waals surface area contributed by atoms with E-state index in [9.17, 15) is 13.2 Å². The van der Waals surface area contributed by atoms with Gasteiger partial charge in [0, 0.05) is 13.1 Å². The zero-order valence-electron chi connectivity index (χ0n) is 19.6. The SMILES string of the molecule is Cc1nn(Cc2ccc(Cl)c(Cl)c2)c(C)c1NC(=O)c1cc(S(=O)(=O)N2CCCCC2)c(Cl)cc1Cl. The molecule has 1 fully saturated rings. The Bertz CT molecular complexity index is 1430. The van der Waals surface area contributed by atoms with E-state index in [2.05, 4.69) is 10.4 Å². The van der Waals surface area contributed by atoms with Gasteiger partial charge < -0.3 is 5.32 Å². The molecule has 12 heteroatoms. The van der Waals surface area contributed by atoms with E-state index in [1.807, 2.05) is 13.0 Å². The Balaban J connectivity index is 1.61. The Labute approximate surface area is 230 Å². The third kappa shape index (κ3) is 5.54. The summed E-state index contributed by atoms with van der Waals surface area (Å²) < 4.78 is 29.6. The van der Waals surface area contributed by atoms with Gasteiger partial charge in [-0.15, -0.1) is 0 Å². The Morgan fingerprint density at radius 3 is 2.31 bits per heavy atom. The monoisotopic (exact) mass is 588 g/mol. The van der Waals surface area contributed by atoms with Gasteiger partial charge in [0.1, 0.15) is 4.90 Å².